The number of hydrogen-bond donors (Lipinski definition) is 1. The third kappa shape index (κ3) is 8.05. The van der Waals surface area contributed by atoms with Crippen LogP contribution in [0.5, 0.6) is 0 Å². The highest BCUT2D eigenvalue weighted by Gasteiger charge is 1.92. The maximum atomic E-state index is 5.57. The van der Waals surface area contributed by atoms with Gasteiger partial charge in [-0.25, -0.2) is 0 Å². The molecule has 2 N–H and O–H groups in total. The molecule has 0 aliphatic carbocycles. The molecule has 0 rings (SSSR count). The molecule has 1 atom stereocenters. The van der Waals surface area contributed by atoms with Crippen molar-refractivity contribution in [1.82, 2.24) is 0 Å². The van der Waals surface area contributed by atoms with Crippen LogP contribution in [0.2, 0.25) is 0 Å². The van der Waals surface area contributed by atoms with E-state index in [1.165, 1.54) is 11.5 Å². The Hall–Kier alpha value is 0.0500. The molecule has 0 aromatic heterocycles. The van der Waals surface area contributed by atoms with Crippen LogP contribution in [0, 0.1) is 0 Å². The molecule has 1 nitrogen and oxygen atoms in total. The predicted molar refractivity (Wildman–Crippen MR) is 50.4 cm³/mol. The lowest BCUT2D eigenvalue weighted by Gasteiger charge is -2.02. The van der Waals surface area contributed by atoms with Gasteiger partial charge in [0, 0.05) is 6.04 Å². The first-order valence-electron chi connectivity index (χ1n) is 3.71. The van der Waals surface area contributed by atoms with Crippen LogP contribution < -0.4 is 5.73 Å². The SMILES string of the molecule is C=CCCSCCC(C)N. The fourth-order valence-electron chi connectivity index (χ4n) is 0.538. The highest BCUT2D eigenvalue weighted by molar-refractivity contribution is 7.99. The Morgan fingerprint density at radius 2 is 2.30 bits per heavy atom. The first-order chi connectivity index (χ1) is 4.77. The van der Waals surface area contributed by atoms with Crippen LogP contribution in [-0.2, 0) is 0 Å². The van der Waals surface area contributed by atoms with Crippen molar-refractivity contribution in [1.29, 1.82) is 0 Å². The van der Waals surface area contributed by atoms with E-state index in [0.717, 1.165) is 12.8 Å². The molecule has 0 aliphatic rings. The highest BCUT2D eigenvalue weighted by atomic mass is 32.2. The summed E-state index contributed by atoms with van der Waals surface area (Å²) in [5.41, 5.74) is 5.57. The predicted octanol–water partition coefficient (Wildman–Crippen LogP) is 2.03. The minimum Gasteiger partial charge on any atom is -0.328 e. The van der Waals surface area contributed by atoms with Crippen molar-refractivity contribution in [2.24, 2.45) is 5.73 Å². The van der Waals surface area contributed by atoms with Gasteiger partial charge in [0.05, 0.1) is 0 Å². The van der Waals surface area contributed by atoms with Gasteiger partial charge in [0.25, 0.3) is 0 Å². The number of rotatable bonds is 6. The molecule has 0 saturated carbocycles. The summed E-state index contributed by atoms with van der Waals surface area (Å²) in [5.74, 6) is 2.38. The molecular weight excluding hydrogens is 142 g/mol. The van der Waals surface area contributed by atoms with Crippen molar-refractivity contribution in [3.8, 4) is 0 Å². The summed E-state index contributed by atoms with van der Waals surface area (Å²) in [7, 11) is 0. The minimum absolute atomic E-state index is 0.358. The first-order valence-corrected chi connectivity index (χ1v) is 4.87. The van der Waals surface area contributed by atoms with Crippen LogP contribution in [0.15, 0.2) is 12.7 Å². The van der Waals surface area contributed by atoms with Crippen LogP contribution in [0.1, 0.15) is 19.8 Å². The average Bonchev–Trinajstić information content (AvgIpc) is 1.87. The van der Waals surface area contributed by atoms with Gasteiger partial charge >= 0.3 is 0 Å². The zero-order valence-electron chi connectivity index (χ0n) is 6.68. The summed E-state index contributed by atoms with van der Waals surface area (Å²) < 4.78 is 0. The van der Waals surface area contributed by atoms with Gasteiger partial charge in [0.15, 0.2) is 0 Å². The lowest BCUT2D eigenvalue weighted by molar-refractivity contribution is 0.721. The molecule has 0 saturated heterocycles. The summed E-state index contributed by atoms with van der Waals surface area (Å²) in [6, 6.07) is 0.358. The van der Waals surface area contributed by atoms with Crippen molar-refractivity contribution in [2.45, 2.75) is 25.8 Å². The van der Waals surface area contributed by atoms with E-state index in [2.05, 4.69) is 6.58 Å². The van der Waals surface area contributed by atoms with Crippen molar-refractivity contribution in [2.75, 3.05) is 11.5 Å². The second-order valence-electron chi connectivity index (χ2n) is 2.46. The molecule has 0 heterocycles. The molecule has 2 heteroatoms. The van der Waals surface area contributed by atoms with Gasteiger partial charge in [-0.15, -0.1) is 6.58 Å². The fraction of sp³-hybridized carbons (Fsp3) is 0.750. The third-order valence-corrected chi connectivity index (χ3v) is 2.23. The minimum atomic E-state index is 0.358. The largest absolute Gasteiger partial charge is 0.328 e. The van der Waals surface area contributed by atoms with Crippen LogP contribution in [0.4, 0.5) is 0 Å². The van der Waals surface area contributed by atoms with Gasteiger partial charge in [-0.05, 0) is 31.3 Å². The average molecular weight is 159 g/mol. The molecule has 0 aromatic carbocycles. The molecule has 10 heavy (non-hydrogen) atoms. The van der Waals surface area contributed by atoms with Gasteiger partial charge in [-0.3, -0.25) is 0 Å². The Balaban J connectivity index is 2.83. The van der Waals surface area contributed by atoms with E-state index in [-0.39, 0.29) is 0 Å². The van der Waals surface area contributed by atoms with Gasteiger partial charge in [0.1, 0.15) is 0 Å². The molecule has 0 spiro atoms. The van der Waals surface area contributed by atoms with E-state index in [1.807, 2.05) is 24.8 Å². The topological polar surface area (TPSA) is 26.0 Å². The van der Waals surface area contributed by atoms with Gasteiger partial charge in [0.2, 0.25) is 0 Å². The van der Waals surface area contributed by atoms with Gasteiger partial charge in [-0.2, -0.15) is 11.8 Å². The lowest BCUT2D eigenvalue weighted by atomic mass is 10.3. The highest BCUT2D eigenvalue weighted by Crippen LogP contribution is 2.05. The smallest absolute Gasteiger partial charge is 0.00183 e. The van der Waals surface area contributed by atoms with Gasteiger partial charge < -0.3 is 5.73 Å². The van der Waals surface area contributed by atoms with Crippen molar-refractivity contribution in [3.05, 3.63) is 12.7 Å². The summed E-state index contributed by atoms with van der Waals surface area (Å²) in [4.78, 5) is 0. The number of allylic oxidation sites excluding steroid dienone is 1. The van der Waals surface area contributed by atoms with Crippen LogP contribution in [-0.4, -0.2) is 17.5 Å². The Morgan fingerprint density at radius 3 is 2.80 bits per heavy atom. The number of thioether (sulfide) groups is 1. The third-order valence-electron chi connectivity index (χ3n) is 1.18. The van der Waals surface area contributed by atoms with Crippen molar-refractivity contribution in [3.63, 3.8) is 0 Å². The van der Waals surface area contributed by atoms with Crippen LogP contribution in [0.25, 0.3) is 0 Å². The standard InChI is InChI=1S/C8H17NS/c1-3-4-6-10-7-5-8(2)9/h3,8H,1,4-7,9H2,2H3. The molecule has 0 aliphatic heterocycles. The summed E-state index contributed by atoms with van der Waals surface area (Å²) in [6.45, 7) is 5.71. The van der Waals surface area contributed by atoms with E-state index < -0.39 is 0 Å². The summed E-state index contributed by atoms with van der Waals surface area (Å²) in [6.07, 6.45) is 4.20. The van der Waals surface area contributed by atoms with E-state index >= 15 is 0 Å². The molecule has 0 bridgehead atoms. The van der Waals surface area contributed by atoms with Crippen LogP contribution >= 0.6 is 11.8 Å². The van der Waals surface area contributed by atoms with Crippen molar-refractivity contribution >= 4 is 11.8 Å². The Kier molecular flexibility index (Phi) is 7.20. The zero-order valence-corrected chi connectivity index (χ0v) is 7.49. The number of nitrogens with two attached hydrogens (primary N) is 1. The second-order valence-corrected chi connectivity index (χ2v) is 3.68. The van der Waals surface area contributed by atoms with Gasteiger partial charge in [-0.1, -0.05) is 6.08 Å². The molecule has 0 radical (unpaired) electrons. The molecule has 0 amide bonds. The Morgan fingerprint density at radius 1 is 1.60 bits per heavy atom. The Labute approximate surface area is 68.1 Å². The monoisotopic (exact) mass is 159 g/mol. The lowest BCUT2D eigenvalue weighted by Crippen LogP contribution is -2.15. The normalized spacial score (nSPS) is 13.0. The molecule has 1 unspecified atom stereocenters. The molecule has 60 valence electrons. The van der Waals surface area contributed by atoms with E-state index in [4.69, 9.17) is 5.73 Å². The maximum absolute atomic E-state index is 5.57. The maximum Gasteiger partial charge on any atom is 0.00183 e. The summed E-state index contributed by atoms with van der Waals surface area (Å²) in [5, 5.41) is 0. The molecular formula is C8H17NS. The Bertz CT molecular complexity index is 81.3. The summed E-state index contributed by atoms with van der Waals surface area (Å²) >= 11 is 1.95. The second kappa shape index (κ2) is 7.16. The molecule has 0 fully saturated rings. The van der Waals surface area contributed by atoms with E-state index in [1.54, 1.807) is 0 Å². The zero-order chi connectivity index (χ0) is 7.82. The van der Waals surface area contributed by atoms with Crippen LogP contribution in [0.3, 0.4) is 0 Å². The molecule has 0 aromatic rings. The fourth-order valence-corrected chi connectivity index (χ4v) is 1.61. The quantitative estimate of drug-likeness (QED) is 0.474. The first kappa shape index (κ1) is 10.0. The van der Waals surface area contributed by atoms with E-state index in [9.17, 15) is 0 Å². The van der Waals surface area contributed by atoms with Crippen molar-refractivity contribution < 1.29 is 0 Å². The van der Waals surface area contributed by atoms with E-state index in [0.29, 0.717) is 6.04 Å². The number of hydrogen-bond acceptors (Lipinski definition) is 2.